The molecule has 14 heavy (non-hydrogen) atoms. The summed E-state index contributed by atoms with van der Waals surface area (Å²) in [5, 5.41) is 3.30. The predicted molar refractivity (Wildman–Crippen MR) is 68.2 cm³/mol. The first kappa shape index (κ1) is 11.9. The molecule has 0 radical (unpaired) electrons. The average Bonchev–Trinajstić information content (AvgIpc) is 2.18. The van der Waals surface area contributed by atoms with Gasteiger partial charge in [-0.1, -0.05) is 0 Å². The molecule has 78 valence electrons. The number of anilines is 1. The number of halogens is 1. The van der Waals surface area contributed by atoms with Gasteiger partial charge in [0.2, 0.25) is 0 Å². The van der Waals surface area contributed by atoms with Crippen LogP contribution in [-0.2, 0) is 0 Å². The van der Waals surface area contributed by atoms with Gasteiger partial charge in [-0.3, -0.25) is 0 Å². The number of pyridine rings is 1. The summed E-state index contributed by atoms with van der Waals surface area (Å²) in [5.74, 6) is 2.16. The average molecular weight is 275 g/mol. The Bertz CT molecular complexity index is 291. The standard InChI is InChI=1S/C10H15BrN2S/c1-8-9(11)4-5-10(13-8)12-6-3-7-14-2/h4-5H,3,6-7H2,1-2H3,(H,12,13). The summed E-state index contributed by atoms with van der Waals surface area (Å²) in [4.78, 5) is 4.41. The topological polar surface area (TPSA) is 24.9 Å². The van der Waals surface area contributed by atoms with Crippen molar-refractivity contribution in [1.29, 1.82) is 0 Å². The van der Waals surface area contributed by atoms with Gasteiger partial charge in [-0.05, 0) is 53.4 Å². The fraction of sp³-hybridized carbons (Fsp3) is 0.500. The van der Waals surface area contributed by atoms with E-state index in [0.29, 0.717) is 0 Å². The number of thioether (sulfide) groups is 1. The molecule has 1 rings (SSSR count). The highest BCUT2D eigenvalue weighted by molar-refractivity contribution is 9.10. The van der Waals surface area contributed by atoms with Crippen LogP contribution in [0.2, 0.25) is 0 Å². The highest BCUT2D eigenvalue weighted by Crippen LogP contribution is 2.16. The van der Waals surface area contributed by atoms with Crippen molar-refractivity contribution < 1.29 is 0 Å². The van der Waals surface area contributed by atoms with Crippen molar-refractivity contribution in [2.24, 2.45) is 0 Å². The van der Waals surface area contributed by atoms with Crippen molar-refractivity contribution in [3.63, 3.8) is 0 Å². The van der Waals surface area contributed by atoms with Crippen LogP contribution in [0.1, 0.15) is 12.1 Å². The zero-order chi connectivity index (χ0) is 10.4. The molecule has 0 spiro atoms. The molecule has 4 heteroatoms. The van der Waals surface area contributed by atoms with E-state index in [-0.39, 0.29) is 0 Å². The van der Waals surface area contributed by atoms with Crippen molar-refractivity contribution in [2.45, 2.75) is 13.3 Å². The van der Waals surface area contributed by atoms with Crippen molar-refractivity contribution in [1.82, 2.24) is 4.98 Å². The quantitative estimate of drug-likeness (QED) is 0.834. The van der Waals surface area contributed by atoms with Crippen LogP contribution in [0.25, 0.3) is 0 Å². The van der Waals surface area contributed by atoms with E-state index in [1.54, 1.807) is 0 Å². The van der Waals surface area contributed by atoms with Crippen molar-refractivity contribution >= 4 is 33.5 Å². The normalized spacial score (nSPS) is 10.2. The van der Waals surface area contributed by atoms with Gasteiger partial charge in [0.05, 0.1) is 5.69 Å². The largest absolute Gasteiger partial charge is 0.370 e. The number of hydrogen-bond donors (Lipinski definition) is 1. The first-order valence-electron chi connectivity index (χ1n) is 4.60. The Morgan fingerprint density at radius 2 is 2.29 bits per heavy atom. The Morgan fingerprint density at radius 1 is 1.50 bits per heavy atom. The number of aryl methyl sites for hydroxylation is 1. The molecular weight excluding hydrogens is 260 g/mol. The van der Waals surface area contributed by atoms with Crippen molar-refractivity contribution in [2.75, 3.05) is 23.9 Å². The van der Waals surface area contributed by atoms with Gasteiger partial charge in [0.25, 0.3) is 0 Å². The molecule has 0 aromatic carbocycles. The van der Waals surface area contributed by atoms with Crippen LogP contribution in [0.5, 0.6) is 0 Å². The lowest BCUT2D eigenvalue weighted by atomic mass is 10.3. The van der Waals surface area contributed by atoms with E-state index in [1.807, 2.05) is 30.8 Å². The van der Waals surface area contributed by atoms with Gasteiger partial charge in [0.1, 0.15) is 5.82 Å². The fourth-order valence-corrected chi connectivity index (χ4v) is 1.73. The lowest BCUT2D eigenvalue weighted by Gasteiger charge is -2.06. The monoisotopic (exact) mass is 274 g/mol. The van der Waals surface area contributed by atoms with Crippen LogP contribution in [-0.4, -0.2) is 23.5 Å². The van der Waals surface area contributed by atoms with Crippen LogP contribution in [0.3, 0.4) is 0 Å². The summed E-state index contributed by atoms with van der Waals surface area (Å²) in [5.41, 5.74) is 1.03. The van der Waals surface area contributed by atoms with E-state index in [9.17, 15) is 0 Å². The number of rotatable bonds is 5. The van der Waals surface area contributed by atoms with Crippen LogP contribution < -0.4 is 5.32 Å². The third-order valence-corrected chi connectivity index (χ3v) is 3.39. The lowest BCUT2D eigenvalue weighted by Crippen LogP contribution is -2.04. The Morgan fingerprint density at radius 3 is 2.93 bits per heavy atom. The van der Waals surface area contributed by atoms with Gasteiger partial charge in [0.15, 0.2) is 0 Å². The van der Waals surface area contributed by atoms with Crippen molar-refractivity contribution in [3.8, 4) is 0 Å². The van der Waals surface area contributed by atoms with Gasteiger partial charge in [-0.2, -0.15) is 11.8 Å². The molecule has 1 heterocycles. The molecule has 0 amide bonds. The van der Waals surface area contributed by atoms with Gasteiger partial charge >= 0.3 is 0 Å². The summed E-state index contributed by atoms with van der Waals surface area (Å²) >= 11 is 5.30. The summed E-state index contributed by atoms with van der Waals surface area (Å²) in [6, 6.07) is 4.02. The molecule has 0 aliphatic rings. The molecule has 0 fully saturated rings. The molecule has 2 nitrogen and oxygen atoms in total. The smallest absolute Gasteiger partial charge is 0.126 e. The third-order valence-electron chi connectivity index (χ3n) is 1.85. The van der Waals surface area contributed by atoms with E-state index in [4.69, 9.17) is 0 Å². The molecule has 1 N–H and O–H groups in total. The zero-order valence-electron chi connectivity index (χ0n) is 8.51. The molecule has 0 aliphatic carbocycles. The third kappa shape index (κ3) is 3.88. The number of aromatic nitrogens is 1. The minimum atomic E-state index is 0.965. The Balaban J connectivity index is 2.39. The van der Waals surface area contributed by atoms with Crippen LogP contribution >= 0.6 is 27.7 Å². The van der Waals surface area contributed by atoms with E-state index in [2.05, 4.69) is 32.5 Å². The van der Waals surface area contributed by atoms with E-state index < -0.39 is 0 Å². The molecule has 0 saturated heterocycles. The first-order chi connectivity index (χ1) is 6.74. The Hall–Kier alpha value is -0.220. The molecular formula is C10H15BrN2S. The van der Waals surface area contributed by atoms with Crippen LogP contribution in [0, 0.1) is 6.92 Å². The van der Waals surface area contributed by atoms with Gasteiger partial charge in [-0.15, -0.1) is 0 Å². The maximum Gasteiger partial charge on any atom is 0.126 e. The predicted octanol–water partition coefficient (Wildman–Crippen LogP) is 3.32. The highest BCUT2D eigenvalue weighted by Gasteiger charge is 1.97. The molecule has 1 aromatic rings. The highest BCUT2D eigenvalue weighted by atomic mass is 79.9. The van der Waals surface area contributed by atoms with Crippen LogP contribution in [0.15, 0.2) is 16.6 Å². The van der Waals surface area contributed by atoms with Crippen molar-refractivity contribution in [3.05, 3.63) is 22.3 Å². The molecule has 0 aliphatic heterocycles. The fourth-order valence-electron chi connectivity index (χ4n) is 1.08. The maximum absolute atomic E-state index is 4.41. The minimum Gasteiger partial charge on any atom is -0.370 e. The minimum absolute atomic E-state index is 0.965. The molecule has 0 unspecified atom stereocenters. The second-order valence-electron chi connectivity index (χ2n) is 3.04. The summed E-state index contributed by atoms with van der Waals surface area (Å²) in [7, 11) is 0. The van der Waals surface area contributed by atoms with Gasteiger partial charge in [0, 0.05) is 11.0 Å². The van der Waals surface area contributed by atoms with Gasteiger partial charge < -0.3 is 5.32 Å². The van der Waals surface area contributed by atoms with Crippen LogP contribution in [0.4, 0.5) is 5.82 Å². The second kappa shape index (κ2) is 6.30. The molecule has 1 aromatic heterocycles. The first-order valence-corrected chi connectivity index (χ1v) is 6.78. The molecule has 0 bridgehead atoms. The lowest BCUT2D eigenvalue weighted by molar-refractivity contribution is 0.977. The Labute approximate surface area is 98.0 Å². The van der Waals surface area contributed by atoms with Gasteiger partial charge in [-0.25, -0.2) is 4.98 Å². The molecule has 0 saturated carbocycles. The SMILES string of the molecule is CSCCCNc1ccc(Br)c(C)n1. The zero-order valence-corrected chi connectivity index (χ0v) is 10.9. The second-order valence-corrected chi connectivity index (χ2v) is 4.88. The van der Waals surface area contributed by atoms with E-state index >= 15 is 0 Å². The Kier molecular flexibility index (Phi) is 5.33. The molecule has 0 atom stereocenters. The summed E-state index contributed by atoms with van der Waals surface area (Å²) < 4.78 is 1.06. The van der Waals surface area contributed by atoms with E-state index in [0.717, 1.165) is 22.5 Å². The summed E-state index contributed by atoms with van der Waals surface area (Å²) in [6.07, 6.45) is 3.31. The number of nitrogens with one attached hydrogen (secondary N) is 1. The van der Waals surface area contributed by atoms with E-state index in [1.165, 1.54) is 12.2 Å². The maximum atomic E-state index is 4.41. The number of nitrogens with zero attached hydrogens (tertiary/aromatic N) is 1. The number of hydrogen-bond acceptors (Lipinski definition) is 3. The summed E-state index contributed by atoms with van der Waals surface area (Å²) in [6.45, 7) is 2.99.